The summed E-state index contributed by atoms with van der Waals surface area (Å²) in [5.41, 5.74) is -0.0760. The average molecular weight is 279 g/mol. The molecule has 0 aromatic carbocycles. The lowest BCUT2D eigenvalue weighted by atomic mass is 9.92. The Morgan fingerprint density at radius 3 is 3.00 bits per heavy atom. The van der Waals surface area contributed by atoms with Gasteiger partial charge in [0.15, 0.2) is 5.82 Å². The number of ether oxygens (including phenoxy) is 1. The van der Waals surface area contributed by atoms with Crippen molar-refractivity contribution in [3.05, 3.63) is 11.7 Å². The first-order chi connectivity index (χ1) is 9.82. The van der Waals surface area contributed by atoms with E-state index in [2.05, 4.69) is 22.4 Å². The molecule has 2 fully saturated rings. The topological polar surface area (TPSA) is 60.2 Å². The van der Waals surface area contributed by atoms with Gasteiger partial charge in [-0.05, 0) is 45.1 Å². The van der Waals surface area contributed by atoms with Gasteiger partial charge in [-0.1, -0.05) is 18.5 Å². The molecule has 5 nitrogen and oxygen atoms in total. The van der Waals surface area contributed by atoms with Crippen molar-refractivity contribution < 1.29 is 9.26 Å². The molecule has 3 heterocycles. The van der Waals surface area contributed by atoms with E-state index in [-0.39, 0.29) is 11.6 Å². The van der Waals surface area contributed by atoms with Crippen LogP contribution in [0.5, 0.6) is 0 Å². The van der Waals surface area contributed by atoms with Gasteiger partial charge in [0.1, 0.15) is 0 Å². The lowest BCUT2D eigenvalue weighted by molar-refractivity contribution is 0.0153. The zero-order valence-corrected chi connectivity index (χ0v) is 12.4. The summed E-state index contributed by atoms with van der Waals surface area (Å²) in [4.78, 5) is 4.66. The molecule has 112 valence electrons. The summed E-state index contributed by atoms with van der Waals surface area (Å²) in [5.74, 6) is 1.58. The molecule has 2 saturated heterocycles. The molecular weight excluding hydrogens is 254 g/mol. The smallest absolute Gasteiger partial charge is 0.246 e. The highest BCUT2D eigenvalue weighted by Crippen LogP contribution is 2.34. The zero-order valence-electron chi connectivity index (χ0n) is 12.4. The molecule has 2 unspecified atom stereocenters. The minimum Gasteiger partial charge on any atom is -0.378 e. The Morgan fingerprint density at radius 2 is 2.30 bits per heavy atom. The quantitative estimate of drug-likeness (QED) is 0.897. The van der Waals surface area contributed by atoms with Crippen LogP contribution in [0.25, 0.3) is 0 Å². The van der Waals surface area contributed by atoms with Crippen LogP contribution in [0.3, 0.4) is 0 Å². The summed E-state index contributed by atoms with van der Waals surface area (Å²) < 4.78 is 11.3. The van der Waals surface area contributed by atoms with Gasteiger partial charge in [0.2, 0.25) is 5.89 Å². The van der Waals surface area contributed by atoms with E-state index in [0.717, 1.165) is 57.0 Å². The molecule has 0 spiro atoms. The third-order valence-electron chi connectivity index (χ3n) is 4.48. The highest BCUT2D eigenvalue weighted by atomic mass is 16.5. The van der Waals surface area contributed by atoms with Crippen LogP contribution in [0.4, 0.5) is 0 Å². The molecule has 0 bridgehead atoms. The van der Waals surface area contributed by atoms with E-state index in [1.165, 1.54) is 19.3 Å². The number of nitrogens with zero attached hydrogens (tertiary/aromatic N) is 2. The summed E-state index contributed by atoms with van der Waals surface area (Å²) in [6, 6.07) is 0. The van der Waals surface area contributed by atoms with Gasteiger partial charge in [0.25, 0.3) is 0 Å². The van der Waals surface area contributed by atoms with E-state index >= 15 is 0 Å². The van der Waals surface area contributed by atoms with E-state index < -0.39 is 0 Å². The molecule has 2 aliphatic rings. The predicted octanol–water partition coefficient (Wildman–Crippen LogP) is 2.56. The van der Waals surface area contributed by atoms with Gasteiger partial charge < -0.3 is 14.6 Å². The first-order valence-corrected chi connectivity index (χ1v) is 8.02. The first kappa shape index (κ1) is 14.0. The van der Waals surface area contributed by atoms with Crippen LogP contribution in [-0.4, -0.2) is 29.4 Å². The maximum absolute atomic E-state index is 5.75. The molecule has 1 N–H and O–H groups in total. The molecule has 5 heteroatoms. The van der Waals surface area contributed by atoms with Gasteiger partial charge in [-0.3, -0.25) is 0 Å². The van der Waals surface area contributed by atoms with Crippen LogP contribution in [0.2, 0.25) is 0 Å². The molecule has 0 aliphatic carbocycles. The Hall–Kier alpha value is -0.940. The molecule has 2 atom stereocenters. The lowest BCUT2D eigenvalue weighted by Gasteiger charge is -2.24. The maximum Gasteiger partial charge on any atom is 0.246 e. The Labute approximate surface area is 120 Å². The molecule has 2 aliphatic heterocycles. The van der Waals surface area contributed by atoms with Gasteiger partial charge in [0, 0.05) is 13.0 Å². The van der Waals surface area contributed by atoms with Crippen molar-refractivity contribution in [2.24, 2.45) is 0 Å². The monoisotopic (exact) mass is 279 g/mol. The molecule has 1 aromatic rings. The van der Waals surface area contributed by atoms with Crippen molar-refractivity contribution in [3.8, 4) is 0 Å². The molecule has 20 heavy (non-hydrogen) atoms. The van der Waals surface area contributed by atoms with Crippen LogP contribution in [-0.2, 0) is 16.7 Å². The molecule has 3 rings (SSSR count). The Morgan fingerprint density at radius 1 is 1.35 bits per heavy atom. The number of aromatic nitrogens is 2. The van der Waals surface area contributed by atoms with Gasteiger partial charge in [-0.15, -0.1) is 0 Å². The van der Waals surface area contributed by atoms with Crippen LogP contribution in [0.1, 0.15) is 63.6 Å². The van der Waals surface area contributed by atoms with Gasteiger partial charge in [-0.2, -0.15) is 4.98 Å². The Balaban J connectivity index is 1.68. The van der Waals surface area contributed by atoms with Gasteiger partial charge in [0.05, 0.1) is 11.6 Å². The highest BCUT2D eigenvalue weighted by Gasteiger charge is 2.39. The summed E-state index contributed by atoms with van der Waals surface area (Å²) in [7, 11) is 0. The van der Waals surface area contributed by atoms with Crippen LogP contribution >= 0.6 is 0 Å². The maximum atomic E-state index is 5.75. The van der Waals surface area contributed by atoms with Crippen LogP contribution < -0.4 is 5.32 Å². The number of hydrogen-bond acceptors (Lipinski definition) is 5. The molecular formula is C15H25N3O2. The molecule has 0 amide bonds. The van der Waals surface area contributed by atoms with Gasteiger partial charge >= 0.3 is 0 Å². The summed E-state index contributed by atoms with van der Waals surface area (Å²) in [6.07, 6.45) is 9.06. The second-order valence-electron chi connectivity index (χ2n) is 6.07. The zero-order chi connectivity index (χ0) is 13.8. The molecule has 1 aromatic heterocycles. The Kier molecular flexibility index (Phi) is 4.36. The van der Waals surface area contributed by atoms with E-state index in [4.69, 9.17) is 9.26 Å². The van der Waals surface area contributed by atoms with E-state index in [0.29, 0.717) is 0 Å². The molecule has 0 radical (unpaired) electrons. The largest absolute Gasteiger partial charge is 0.378 e. The van der Waals surface area contributed by atoms with Crippen molar-refractivity contribution in [1.29, 1.82) is 0 Å². The van der Waals surface area contributed by atoms with Crippen molar-refractivity contribution in [2.45, 2.75) is 69.9 Å². The summed E-state index contributed by atoms with van der Waals surface area (Å²) in [5, 5.41) is 7.75. The van der Waals surface area contributed by atoms with Crippen molar-refractivity contribution in [1.82, 2.24) is 15.5 Å². The van der Waals surface area contributed by atoms with Gasteiger partial charge in [-0.25, -0.2) is 0 Å². The summed E-state index contributed by atoms with van der Waals surface area (Å²) >= 11 is 0. The standard InChI is InChI=1S/C15H25N3O2/c1-2-7-15(8-5-9-16-15)14-17-13(18-20-14)11-12-6-3-4-10-19-12/h12,16H,2-11H2,1H3. The van der Waals surface area contributed by atoms with Crippen molar-refractivity contribution in [3.63, 3.8) is 0 Å². The number of nitrogens with one attached hydrogen (secondary N) is 1. The third-order valence-corrected chi connectivity index (χ3v) is 4.48. The SMILES string of the molecule is CCCC1(c2nc(CC3CCCCO3)no2)CCCN1. The van der Waals surface area contributed by atoms with Crippen LogP contribution in [0.15, 0.2) is 4.52 Å². The third kappa shape index (κ3) is 2.88. The second-order valence-corrected chi connectivity index (χ2v) is 6.07. The fraction of sp³-hybridized carbons (Fsp3) is 0.867. The van der Waals surface area contributed by atoms with E-state index in [1.54, 1.807) is 0 Å². The average Bonchev–Trinajstić information content (AvgIpc) is 3.10. The molecule has 0 saturated carbocycles. The number of rotatable bonds is 5. The minimum atomic E-state index is -0.0760. The van der Waals surface area contributed by atoms with Crippen LogP contribution in [0, 0.1) is 0 Å². The summed E-state index contributed by atoms with van der Waals surface area (Å²) in [6.45, 7) is 4.12. The Bertz CT molecular complexity index is 421. The fourth-order valence-electron chi connectivity index (χ4n) is 3.44. The first-order valence-electron chi connectivity index (χ1n) is 8.02. The highest BCUT2D eigenvalue weighted by molar-refractivity contribution is 5.07. The predicted molar refractivity (Wildman–Crippen MR) is 75.4 cm³/mol. The number of hydrogen-bond donors (Lipinski definition) is 1. The van der Waals surface area contributed by atoms with E-state index in [9.17, 15) is 0 Å². The lowest BCUT2D eigenvalue weighted by Crippen LogP contribution is -2.37. The van der Waals surface area contributed by atoms with Crippen molar-refractivity contribution in [2.75, 3.05) is 13.2 Å². The van der Waals surface area contributed by atoms with Crippen molar-refractivity contribution >= 4 is 0 Å². The normalized spacial score (nSPS) is 30.8. The fourth-order valence-corrected chi connectivity index (χ4v) is 3.44. The van der Waals surface area contributed by atoms with E-state index in [1.807, 2.05) is 0 Å². The second kappa shape index (κ2) is 6.22. The minimum absolute atomic E-state index is 0.0760.